The molecule has 0 unspecified atom stereocenters. The van der Waals surface area contributed by atoms with Crippen molar-refractivity contribution in [3.63, 3.8) is 0 Å². The number of nitrogens with zero attached hydrogens (tertiary/aromatic N) is 3. The molecule has 0 bridgehead atoms. The number of benzene rings is 3. The van der Waals surface area contributed by atoms with Crippen LogP contribution >= 0.6 is 0 Å². The number of aryl methyl sites for hydroxylation is 1. The van der Waals surface area contributed by atoms with Crippen molar-refractivity contribution in [1.29, 1.82) is 0 Å². The van der Waals surface area contributed by atoms with E-state index >= 15 is 0 Å². The number of nitro benzene ring substituents is 1. The lowest BCUT2D eigenvalue weighted by Gasteiger charge is -2.24. The van der Waals surface area contributed by atoms with Crippen LogP contribution in [0.3, 0.4) is 0 Å². The Morgan fingerprint density at radius 1 is 0.974 bits per heavy atom. The molecule has 11 heteroatoms. The molecule has 1 amide bonds. The number of hydrogen-bond donors (Lipinski definition) is 1. The van der Waals surface area contributed by atoms with Crippen LogP contribution in [0.25, 0.3) is 0 Å². The van der Waals surface area contributed by atoms with Crippen LogP contribution in [0.2, 0.25) is 0 Å². The molecule has 0 heterocycles. The second kappa shape index (κ2) is 12.4. The molecule has 0 aliphatic heterocycles. The van der Waals surface area contributed by atoms with Crippen molar-refractivity contribution >= 4 is 33.0 Å². The van der Waals surface area contributed by atoms with Crippen LogP contribution in [0.4, 0.5) is 17.1 Å². The van der Waals surface area contributed by atoms with Gasteiger partial charge in [0.15, 0.2) is 0 Å². The fourth-order valence-corrected chi connectivity index (χ4v) is 5.38. The van der Waals surface area contributed by atoms with Crippen LogP contribution in [-0.2, 0) is 21.4 Å². The highest BCUT2D eigenvalue weighted by Crippen LogP contribution is 2.29. The highest BCUT2D eigenvalue weighted by atomic mass is 32.2. The molecule has 0 spiro atoms. The number of carbonyl (C=O) groups is 1. The number of anilines is 2. The van der Waals surface area contributed by atoms with E-state index in [9.17, 15) is 23.3 Å². The molecule has 0 aromatic heterocycles. The highest BCUT2D eigenvalue weighted by Gasteiger charge is 2.29. The maximum absolute atomic E-state index is 13.6. The minimum Gasteiger partial charge on any atom is -0.497 e. The van der Waals surface area contributed by atoms with E-state index in [0.29, 0.717) is 11.3 Å². The van der Waals surface area contributed by atoms with Gasteiger partial charge in [0.1, 0.15) is 12.3 Å². The number of nitrogens with one attached hydrogen (secondary N) is 1. The Labute approximate surface area is 223 Å². The van der Waals surface area contributed by atoms with Gasteiger partial charge in [0.2, 0.25) is 5.91 Å². The lowest BCUT2D eigenvalue weighted by Crippen LogP contribution is -2.40. The molecule has 1 N–H and O–H groups in total. The normalized spacial score (nSPS) is 11.1. The van der Waals surface area contributed by atoms with E-state index in [-0.39, 0.29) is 22.8 Å². The molecule has 0 saturated carbocycles. The predicted octanol–water partition coefficient (Wildman–Crippen LogP) is 4.27. The van der Waals surface area contributed by atoms with Crippen LogP contribution < -0.4 is 19.3 Å². The Morgan fingerprint density at radius 2 is 1.58 bits per heavy atom. The molecule has 3 rings (SSSR count). The van der Waals surface area contributed by atoms with Gasteiger partial charge in [-0.05, 0) is 68.8 Å². The van der Waals surface area contributed by atoms with E-state index in [1.165, 1.54) is 38.3 Å². The predicted molar refractivity (Wildman–Crippen MR) is 147 cm³/mol. The van der Waals surface area contributed by atoms with Gasteiger partial charge in [0.25, 0.3) is 15.7 Å². The summed E-state index contributed by atoms with van der Waals surface area (Å²) in [4.78, 5) is 25.6. The maximum atomic E-state index is 13.6. The monoisotopic (exact) mass is 540 g/mol. The van der Waals surface area contributed by atoms with E-state index in [1.54, 1.807) is 12.1 Å². The summed E-state index contributed by atoms with van der Waals surface area (Å²) in [5, 5.41) is 14.2. The fraction of sp³-hybridized carbons (Fsp3) is 0.296. The Kier molecular flexibility index (Phi) is 9.30. The van der Waals surface area contributed by atoms with Crippen LogP contribution in [-0.4, -0.2) is 46.0 Å². The standard InChI is InChI=1S/C27H32N4O6S/c1-5-29(6-2)22-10-8-21(9-11-22)18-28-27(32)19-30(23-12-14-24(37-4)15-13-23)38(35,36)25-16-7-20(3)26(17-25)31(33)34/h7-17H,5-6,18-19H2,1-4H3,(H,28,32). The van der Waals surface area contributed by atoms with Gasteiger partial charge in [-0.25, -0.2) is 8.42 Å². The summed E-state index contributed by atoms with van der Waals surface area (Å²) >= 11 is 0. The molecule has 3 aromatic carbocycles. The lowest BCUT2D eigenvalue weighted by atomic mass is 10.2. The Hall–Kier alpha value is -4.12. The summed E-state index contributed by atoms with van der Waals surface area (Å²) in [6.45, 7) is 7.14. The number of nitro groups is 1. The van der Waals surface area contributed by atoms with E-state index in [1.807, 2.05) is 24.3 Å². The second-order valence-corrected chi connectivity index (χ2v) is 10.4. The number of methoxy groups -OCH3 is 1. The van der Waals surface area contributed by atoms with Gasteiger partial charge in [-0.15, -0.1) is 0 Å². The molecule has 38 heavy (non-hydrogen) atoms. The third kappa shape index (κ3) is 6.60. The third-order valence-electron chi connectivity index (χ3n) is 6.17. The molecule has 0 aliphatic carbocycles. The van der Waals surface area contributed by atoms with Crippen LogP contribution in [0.15, 0.2) is 71.6 Å². The van der Waals surface area contributed by atoms with E-state index < -0.39 is 27.4 Å². The number of amides is 1. The van der Waals surface area contributed by atoms with Crippen molar-refractivity contribution in [1.82, 2.24) is 5.32 Å². The van der Waals surface area contributed by atoms with Crippen molar-refractivity contribution in [3.05, 3.63) is 88.0 Å². The Balaban J connectivity index is 1.85. The zero-order valence-corrected chi connectivity index (χ0v) is 22.7. The molecule has 0 atom stereocenters. The molecule has 0 saturated heterocycles. The molecule has 0 radical (unpaired) electrons. The summed E-state index contributed by atoms with van der Waals surface area (Å²) in [7, 11) is -2.84. The molecule has 0 fully saturated rings. The van der Waals surface area contributed by atoms with E-state index in [0.717, 1.165) is 34.7 Å². The summed E-state index contributed by atoms with van der Waals surface area (Å²) in [6, 6.07) is 17.6. The largest absolute Gasteiger partial charge is 0.497 e. The highest BCUT2D eigenvalue weighted by molar-refractivity contribution is 7.92. The van der Waals surface area contributed by atoms with Crippen molar-refractivity contribution < 1.29 is 22.9 Å². The number of ether oxygens (including phenoxy) is 1. The molecule has 0 aliphatic rings. The van der Waals surface area contributed by atoms with Crippen molar-refractivity contribution in [2.24, 2.45) is 0 Å². The Bertz CT molecular complexity index is 1370. The first-order valence-corrected chi connectivity index (χ1v) is 13.6. The summed E-state index contributed by atoms with van der Waals surface area (Å²) in [5.41, 5.74) is 2.16. The fourth-order valence-electron chi connectivity index (χ4n) is 3.94. The van der Waals surface area contributed by atoms with Gasteiger partial charge in [0, 0.05) is 37.0 Å². The van der Waals surface area contributed by atoms with Crippen LogP contribution in [0, 0.1) is 17.0 Å². The van der Waals surface area contributed by atoms with Gasteiger partial charge < -0.3 is 15.0 Å². The molecular weight excluding hydrogens is 508 g/mol. The van der Waals surface area contributed by atoms with E-state index in [2.05, 4.69) is 24.1 Å². The van der Waals surface area contributed by atoms with Crippen LogP contribution in [0.5, 0.6) is 5.75 Å². The van der Waals surface area contributed by atoms with Gasteiger partial charge in [0.05, 0.1) is 22.6 Å². The molecule has 3 aromatic rings. The quantitative estimate of drug-likeness (QED) is 0.269. The van der Waals surface area contributed by atoms with Crippen molar-refractivity contribution in [2.75, 3.05) is 35.9 Å². The first-order valence-electron chi connectivity index (χ1n) is 12.1. The third-order valence-corrected chi connectivity index (χ3v) is 7.94. The molecule has 10 nitrogen and oxygen atoms in total. The van der Waals surface area contributed by atoms with E-state index in [4.69, 9.17) is 4.74 Å². The van der Waals surface area contributed by atoms with Gasteiger partial charge in [-0.3, -0.25) is 19.2 Å². The molecular formula is C27H32N4O6S. The SMILES string of the molecule is CCN(CC)c1ccc(CNC(=O)CN(c2ccc(OC)cc2)S(=O)(=O)c2ccc(C)c([N+](=O)[O-])c2)cc1. The topological polar surface area (TPSA) is 122 Å². The number of rotatable bonds is 12. The van der Waals surface area contributed by atoms with Gasteiger partial charge in [-0.2, -0.15) is 0 Å². The Morgan fingerprint density at radius 3 is 2.13 bits per heavy atom. The van der Waals surface area contributed by atoms with Crippen LogP contribution in [0.1, 0.15) is 25.0 Å². The summed E-state index contributed by atoms with van der Waals surface area (Å²) < 4.78 is 33.3. The molecule has 202 valence electrons. The first kappa shape index (κ1) is 28.5. The maximum Gasteiger partial charge on any atom is 0.273 e. The number of sulfonamides is 1. The smallest absolute Gasteiger partial charge is 0.273 e. The minimum absolute atomic E-state index is 0.212. The van der Waals surface area contributed by atoms with Gasteiger partial charge in [-0.1, -0.05) is 18.2 Å². The summed E-state index contributed by atoms with van der Waals surface area (Å²) in [5.74, 6) is -0.0199. The summed E-state index contributed by atoms with van der Waals surface area (Å²) in [6.07, 6.45) is 0. The first-order chi connectivity index (χ1) is 18.1. The lowest BCUT2D eigenvalue weighted by molar-refractivity contribution is -0.385. The number of hydrogen-bond acceptors (Lipinski definition) is 7. The zero-order valence-electron chi connectivity index (χ0n) is 21.9. The minimum atomic E-state index is -4.32. The van der Waals surface area contributed by atoms with Crippen molar-refractivity contribution in [3.8, 4) is 5.75 Å². The average molecular weight is 541 g/mol. The zero-order chi connectivity index (χ0) is 27.9. The van der Waals surface area contributed by atoms with Crippen molar-refractivity contribution in [2.45, 2.75) is 32.2 Å². The average Bonchev–Trinajstić information content (AvgIpc) is 2.92. The number of carbonyl (C=O) groups excluding carboxylic acids is 1. The second-order valence-electron chi connectivity index (χ2n) is 8.53. The van der Waals surface area contributed by atoms with Gasteiger partial charge >= 0.3 is 0 Å².